The molecule has 9 heteroatoms. The van der Waals surface area contributed by atoms with E-state index in [9.17, 15) is 4.79 Å². The Bertz CT molecular complexity index is 1110. The summed E-state index contributed by atoms with van der Waals surface area (Å²) in [5.41, 5.74) is 2.70. The maximum absolute atomic E-state index is 13.3. The predicted octanol–water partition coefficient (Wildman–Crippen LogP) is 3.27. The fourth-order valence-electron chi connectivity index (χ4n) is 3.87. The number of nitrogens with one attached hydrogen (secondary N) is 1. The van der Waals surface area contributed by atoms with Crippen LogP contribution in [-0.4, -0.2) is 59.1 Å². The van der Waals surface area contributed by atoms with Crippen molar-refractivity contribution in [1.29, 1.82) is 0 Å². The molecule has 0 bridgehead atoms. The van der Waals surface area contributed by atoms with E-state index < -0.39 is 0 Å². The van der Waals surface area contributed by atoms with E-state index >= 15 is 0 Å². The van der Waals surface area contributed by atoms with Gasteiger partial charge in [0, 0.05) is 55.9 Å². The van der Waals surface area contributed by atoms with E-state index in [2.05, 4.69) is 27.2 Å². The van der Waals surface area contributed by atoms with Gasteiger partial charge < -0.3 is 19.5 Å². The summed E-state index contributed by atoms with van der Waals surface area (Å²) >= 11 is 0. The third kappa shape index (κ3) is 5.66. The third-order valence-corrected chi connectivity index (χ3v) is 5.66. The summed E-state index contributed by atoms with van der Waals surface area (Å²) in [6.45, 7) is 4.88. The lowest BCUT2D eigenvalue weighted by atomic mass is 10.1. The molecule has 0 aromatic carbocycles. The van der Waals surface area contributed by atoms with Crippen LogP contribution in [0.3, 0.4) is 0 Å². The second kappa shape index (κ2) is 11.2. The number of rotatable bonds is 10. The minimum Gasteiger partial charge on any atom is -0.481 e. The Morgan fingerprint density at radius 3 is 2.79 bits per heavy atom. The van der Waals surface area contributed by atoms with Crippen LogP contribution < -0.4 is 15.6 Å². The van der Waals surface area contributed by atoms with Gasteiger partial charge in [-0.05, 0) is 37.8 Å². The molecule has 4 heterocycles. The highest BCUT2D eigenvalue weighted by Gasteiger charge is 2.17. The van der Waals surface area contributed by atoms with Crippen LogP contribution in [0.2, 0.25) is 0 Å². The summed E-state index contributed by atoms with van der Waals surface area (Å²) < 4.78 is 18.3. The molecule has 3 aromatic rings. The van der Waals surface area contributed by atoms with Crippen molar-refractivity contribution in [2.45, 2.75) is 45.3 Å². The standard InChI is InChI=1S/C24H31N5O4/c1-3-10-32-12-9-29-20-13-18(17-7-8-21(31-2)25-14-17)15-26-22(20)28-23(24(29)30)27-16-19-6-4-5-11-33-19/h7-8,13-15,19H,3-6,9-12,16H2,1-2H3,(H,26,27,28). The quantitative estimate of drug-likeness (QED) is 0.467. The summed E-state index contributed by atoms with van der Waals surface area (Å²) in [5.74, 6) is 0.829. The van der Waals surface area contributed by atoms with Crippen LogP contribution in [-0.2, 0) is 16.0 Å². The molecule has 3 aromatic heterocycles. The number of hydrogen-bond acceptors (Lipinski definition) is 8. The van der Waals surface area contributed by atoms with Crippen LogP contribution in [0.25, 0.3) is 22.3 Å². The smallest absolute Gasteiger partial charge is 0.293 e. The fraction of sp³-hybridized carbons (Fsp3) is 0.500. The molecular weight excluding hydrogens is 422 g/mol. The van der Waals surface area contributed by atoms with Crippen molar-refractivity contribution < 1.29 is 14.2 Å². The molecule has 0 saturated carbocycles. The van der Waals surface area contributed by atoms with Crippen molar-refractivity contribution in [3.63, 3.8) is 0 Å². The van der Waals surface area contributed by atoms with Crippen molar-refractivity contribution >= 4 is 17.0 Å². The second-order valence-electron chi connectivity index (χ2n) is 8.06. The molecule has 0 amide bonds. The van der Waals surface area contributed by atoms with Crippen LogP contribution in [0.5, 0.6) is 5.88 Å². The van der Waals surface area contributed by atoms with Gasteiger partial charge in [-0.3, -0.25) is 9.36 Å². The van der Waals surface area contributed by atoms with Gasteiger partial charge in [0.25, 0.3) is 5.56 Å². The zero-order valence-corrected chi connectivity index (χ0v) is 19.2. The molecule has 1 aliphatic heterocycles. The summed E-state index contributed by atoms with van der Waals surface area (Å²) in [5, 5.41) is 3.20. The number of fused-ring (bicyclic) bond motifs is 1. The maximum atomic E-state index is 13.3. The minimum atomic E-state index is -0.190. The van der Waals surface area contributed by atoms with Crippen molar-refractivity contribution in [1.82, 2.24) is 19.5 Å². The van der Waals surface area contributed by atoms with E-state index in [0.717, 1.165) is 43.4 Å². The molecule has 33 heavy (non-hydrogen) atoms. The topological polar surface area (TPSA) is 100 Å². The van der Waals surface area contributed by atoms with Gasteiger partial charge in [-0.15, -0.1) is 0 Å². The average Bonchev–Trinajstić information content (AvgIpc) is 2.87. The second-order valence-corrected chi connectivity index (χ2v) is 8.06. The van der Waals surface area contributed by atoms with Crippen LogP contribution in [0.4, 0.5) is 5.82 Å². The van der Waals surface area contributed by atoms with E-state index in [1.165, 1.54) is 0 Å². The van der Waals surface area contributed by atoms with Gasteiger partial charge in [-0.25, -0.2) is 15.0 Å². The lowest BCUT2D eigenvalue weighted by Crippen LogP contribution is -2.32. The highest BCUT2D eigenvalue weighted by atomic mass is 16.5. The lowest BCUT2D eigenvalue weighted by Gasteiger charge is -2.23. The third-order valence-electron chi connectivity index (χ3n) is 5.66. The molecule has 9 nitrogen and oxygen atoms in total. The first-order valence-corrected chi connectivity index (χ1v) is 11.5. The highest BCUT2D eigenvalue weighted by Crippen LogP contribution is 2.23. The predicted molar refractivity (Wildman–Crippen MR) is 127 cm³/mol. The van der Waals surface area contributed by atoms with Gasteiger partial charge in [0.1, 0.15) is 0 Å². The van der Waals surface area contributed by atoms with E-state index in [1.54, 1.807) is 30.1 Å². The largest absolute Gasteiger partial charge is 0.481 e. The zero-order chi connectivity index (χ0) is 23.0. The van der Waals surface area contributed by atoms with Gasteiger partial charge in [-0.2, -0.15) is 0 Å². The van der Waals surface area contributed by atoms with Crippen molar-refractivity contribution in [2.75, 3.05) is 38.8 Å². The number of anilines is 1. The van der Waals surface area contributed by atoms with Gasteiger partial charge in [0.15, 0.2) is 11.5 Å². The van der Waals surface area contributed by atoms with E-state index in [4.69, 9.17) is 14.2 Å². The Hall–Kier alpha value is -3.04. The first kappa shape index (κ1) is 23.1. The fourth-order valence-corrected chi connectivity index (χ4v) is 3.87. The molecule has 176 valence electrons. The van der Waals surface area contributed by atoms with E-state index in [1.807, 2.05) is 12.1 Å². The summed E-state index contributed by atoms with van der Waals surface area (Å²) in [6, 6.07) is 5.63. The van der Waals surface area contributed by atoms with Gasteiger partial charge >= 0.3 is 0 Å². The molecule has 1 aliphatic rings. The summed E-state index contributed by atoms with van der Waals surface area (Å²) in [6.07, 6.45) is 7.70. The molecule has 1 fully saturated rings. The maximum Gasteiger partial charge on any atom is 0.293 e. The Labute approximate surface area is 193 Å². The molecule has 4 rings (SSSR count). The molecule has 0 radical (unpaired) electrons. The molecule has 1 N–H and O–H groups in total. The van der Waals surface area contributed by atoms with Crippen LogP contribution in [0, 0.1) is 0 Å². The Kier molecular flexibility index (Phi) is 7.85. The normalized spacial score (nSPS) is 16.1. The number of pyridine rings is 2. The van der Waals surface area contributed by atoms with Crippen LogP contribution in [0.15, 0.2) is 35.4 Å². The van der Waals surface area contributed by atoms with Crippen molar-refractivity contribution in [3.05, 3.63) is 40.9 Å². The minimum absolute atomic E-state index is 0.0925. The van der Waals surface area contributed by atoms with Crippen LogP contribution >= 0.6 is 0 Å². The number of aromatic nitrogens is 4. The van der Waals surface area contributed by atoms with Crippen molar-refractivity contribution in [2.24, 2.45) is 0 Å². The molecule has 1 atom stereocenters. The number of ether oxygens (including phenoxy) is 3. The van der Waals surface area contributed by atoms with Gasteiger partial charge in [0.05, 0.1) is 25.3 Å². The number of nitrogens with zero attached hydrogens (tertiary/aromatic N) is 4. The Balaban J connectivity index is 1.66. The van der Waals surface area contributed by atoms with E-state index in [0.29, 0.717) is 49.2 Å². The SMILES string of the molecule is CCCOCCn1c(=O)c(NCC2CCCCO2)nc2ncc(-c3ccc(OC)nc3)cc21. The van der Waals surface area contributed by atoms with Gasteiger partial charge in [0.2, 0.25) is 5.88 Å². The molecule has 1 unspecified atom stereocenters. The van der Waals surface area contributed by atoms with Gasteiger partial charge in [-0.1, -0.05) is 6.92 Å². The molecule has 1 saturated heterocycles. The monoisotopic (exact) mass is 453 g/mol. The Morgan fingerprint density at radius 2 is 2.06 bits per heavy atom. The summed E-state index contributed by atoms with van der Waals surface area (Å²) in [7, 11) is 1.58. The first-order chi connectivity index (χ1) is 16.2. The Morgan fingerprint density at radius 1 is 1.18 bits per heavy atom. The summed E-state index contributed by atoms with van der Waals surface area (Å²) in [4.78, 5) is 26.7. The molecule has 0 aliphatic carbocycles. The first-order valence-electron chi connectivity index (χ1n) is 11.5. The highest BCUT2D eigenvalue weighted by molar-refractivity contribution is 5.78. The lowest BCUT2D eigenvalue weighted by molar-refractivity contribution is 0.0247. The molecular formula is C24H31N5O4. The van der Waals surface area contributed by atoms with Crippen molar-refractivity contribution in [3.8, 4) is 17.0 Å². The zero-order valence-electron chi connectivity index (χ0n) is 19.2. The number of hydrogen-bond donors (Lipinski definition) is 1. The van der Waals surface area contributed by atoms with E-state index in [-0.39, 0.29) is 11.7 Å². The molecule has 0 spiro atoms. The number of methoxy groups -OCH3 is 1. The van der Waals surface area contributed by atoms with Crippen LogP contribution in [0.1, 0.15) is 32.6 Å². The average molecular weight is 454 g/mol.